The van der Waals surface area contributed by atoms with Crippen LogP contribution in [0.25, 0.3) is 11.0 Å². The van der Waals surface area contributed by atoms with Gasteiger partial charge in [0.15, 0.2) is 5.76 Å². The molecule has 0 radical (unpaired) electrons. The summed E-state index contributed by atoms with van der Waals surface area (Å²) in [4.78, 5) is 15.0. The quantitative estimate of drug-likeness (QED) is 0.540. The number of ketones is 1. The molecule has 1 aromatic carbocycles. The minimum Gasteiger partial charge on any atom is -0.461 e. The standard InChI is InChI=1S/C13H11N3O2/c14-13-15-9-4-1-2-5-10(9)16(13)8-11(17)12-6-3-7-18-12/h1-7H,8H2,(H2,14,15)/p+1. The Morgan fingerprint density at radius 3 is 2.89 bits per heavy atom. The van der Waals surface area contributed by atoms with E-state index in [0.717, 1.165) is 11.0 Å². The maximum atomic E-state index is 12.0. The largest absolute Gasteiger partial charge is 0.461 e. The van der Waals surface area contributed by atoms with Crippen molar-refractivity contribution in [1.29, 1.82) is 0 Å². The lowest BCUT2D eigenvalue weighted by Gasteiger charge is -1.98. The summed E-state index contributed by atoms with van der Waals surface area (Å²) in [6.07, 6.45) is 1.48. The summed E-state index contributed by atoms with van der Waals surface area (Å²) in [6, 6.07) is 11.0. The number of carbonyl (C=O) groups excluding carboxylic acids is 1. The highest BCUT2D eigenvalue weighted by molar-refractivity contribution is 5.92. The van der Waals surface area contributed by atoms with Crippen LogP contribution in [0.5, 0.6) is 0 Å². The number of aromatic nitrogens is 2. The van der Waals surface area contributed by atoms with Crippen molar-refractivity contribution >= 4 is 22.8 Å². The molecule has 0 atom stereocenters. The van der Waals surface area contributed by atoms with Crippen molar-refractivity contribution in [3.05, 3.63) is 48.4 Å². The Morgan fingerprint density at radius 2 is 2.11 bits per heavy atom. The summed E-state index contributed by atoms with van der Waals surface area (Å²) in [7, 11) is 0. The van der Waals surface area contributed by atoms with Gasteiger partial charge in [-0.3, -0.25) is 10.5 Å². The Hall–Kier alpha value is -2.56. The number of hydrogen-bond acceptors (Lipinski definition) is 3. The molecule has 0 saturated heterocycles. The molecule has 90 valence electrons. The lowest BCUT2D eigenvalue weighted by molar-refractivity contribution is -0.642. The van der Waals surface area contributed by atoms with Gasteiger partial charge in [-0.2, -0.15) is 0 Å². The van der Waals surface area contributed by atoms with Crippen LogP contribution in [0.4, 0.5) is 5.95 Å². The zero-order valence-electron chi connectivity index (χ0n) is 9.59. The van der Waals surface area contributed by atoms with Crippen LogP contribution < -0.4 is 10.3 Å². The number of nitrogens with zero attached hydrogens (tertiary/aromatic N) is 1. The van der Waals surface area contributed by atoms with Gasteiger partial charge in [-0.05, 0) is 24.3 Å². The number of imidazole rings is 1. The first kappa shape index (κ1) is 10.6. The number of nitrogen functional groups attached to an aromatic ring is 1. The number of hydrogen-bond donors (Lipinski definition) is 2. The minimum absolute atomic E-state index is 0.110. The van der Waals surface area contributed by atoms with Crippen LogP contribution in [0.1, 0.15) is 10.6 Å². The average Bonchev–Trinajstić information content (AvgIpc) is 2.98. The van der Waals surface area contributed by atoms with E-state index in [2.05, 4.69) is 4.98 Å². The summed E-state index contributed by atoms with van der Waals surface area (Å²) >= 11 is 0. The van der Waals surface area contributed by atoms with Gasteiger partial charge in [0.05, 0.1) is 6.26 Å². The molecule has 0 aliphatic rings. The van der Waals surface area contributed by atoms with Crippen LogP contribution in [-0.4, -0.2) is 10.8 Å². The maximum Gasteiger partial charge on any atom is 0.354 e. The van der Waals surface area contributed by atoms with Crippen LogP contribution in [0.2, 0.25) is 0 Å². The zero-order chi connectivity index (χ0) is 12.5. The molecule has 0 amide bonds. The first-order valence-electron chi connectivity index (χ1n) is 5.58. The molecular formula is C13H12N3O2+. The van der Waals surface area contributed by atoms with Crippen molar-refractivity contribution in [3.63, 3.8) is 0 Å². The monoisotopic (exact) mass is 242 g/mol. The molecule has 5 nitrogen and oxygen atoms in total. The highest BCUT2D eigenvalue weighted by atomic mass is 16.3. The van der Waals surface area contributed by atoms with Gasteiger partial charge in [-0.25, -0.2) is 9.55 Å². The average molecular weight is 242 g/mol. The number of anilines is 1. The lowest BCUT2D eigenvalue weighted by Crippen LogP contribution is -2.39. The first-order chi connectivity index (χ1) is 8.75. The third kappa shape index (κ3) is 1.66. The van der Waals surface area contributed by atoms with Gasteiger partial charge in [-0.15, -0.1) is 0 Å². The van der Waals surface area contributed by atoms with E-state index in [4.69, 9.17) is 10.2 Å². The van der Waals surface area contributed by atoms with E-state index >= 15 is 0 Å². The van der Waals surface area contributed by atoms with E-state index in [9.17, 15) is 4.79 Å². The number of benzene rings is 1. The van der Waals surface area contributed by atoms with E-state index in [1.165, 1.54) is 6.26 Å². The molecule has 0 unspecified atom stereocenters. The number of Topliss-reactive ketones (excluding diaryl/α,β-unsaturated/α-hetero) is 1. The zero-order valence-corrected chi connectivity index (χ0v) is 9.59. The van der Waals surface area contributed by atoms with E-state index in [-0.39, 0.29) is 12.3 Å². The van der Waals surface area contributed by atoms with Gasteiger partial charge >= 0.3 is 5.95 Å². The number of nitrogens with two attached hydrogens (primary N) is 1. The van der Waals surface area contributed by atoms with Gasteiger partial charge in [0.2, 0.25) is 5.78 Å². The number of carbonyl (C=O) groups is 1. The third-order valence-corrected chi connectivity index (χ3v) is 2.85. The predicted molar refractivity (Wildman–Crippen MR) is 65.9 cm³/mol. The number of furan rings is 1. The Kier molecular flexibility index (Phi) is 2.37. The van der Waals surface area contributed by atoms with Gasteiger partial charge in [-0.1, -0.05) is 12.1 Å². The van der Waals surface area contributed by atoms with Crippen LogP contribution >= 0.6 is 0 Å². The number of fused-ring (bicyclic) bond motifs is 1. The van der Waals surface area contributed by atoms with E-state index in [1.54, 1.807) is 16.7 Å². The summed E-state index contributed by atoms with van der Waals surface area (Å²) in [5, 5.41) is 0. The van der Waals surface area contributed by atoms with Crippen molar-refractivity contribution in [2.45, 2.75) is 6.54 Å². The second-order valence-corrected chi connectivity index (χ2v) is 4.01. The van der Waals surface area contributed by atoms with Crippen LogP contribution in [0.15, 0.2) is 47.1 Å². The highest BCUT2D eigenvalue weighted by Crippen LogP contribution is 2.10. The molecule has 2 heterocycles. The van der Waals surface area contributed by atoms with Gasteiger partial charge in [0.25, 0.3) is 0 Å². The molecule has 0 bridgehead atoms. The number of aromatic amines is 1. The highest BCUT2D eigenvalue weighted by Gasteiger charge is 2.18. The molecule has 3 aromatic rings. The van der Waals surface area contributed by atoms with Crippen LogP contribution in [0.3, 0.4) is 0 Å². The number of para-hydroxylation sites is 2. The molecule has 2 aromatic heterocycles. The van der Waals surface area contributed by atoms with Crippen LogP contribution in [0, 0.1) is 0 Å². The summed E-state index contributed by atoms with van der Waals surface area (Å²) in [5.74, 6) is 0.685. The van der Waals surface area contributed by atoms with Crippen molar-refractivity contribution < 1.29 is 13.8 Å². The second kappa shape index (κ2) is 4.03. The number of H-pyrrole nitrogens is 1. The Balaban J connectivity index is 2.00. The SMILES string of the molecule is Nc1[nH]c2ccccc2[n+]1CC(=O)c1ccco1. The fourth-order valence-corrected chi connectivity index (χ4v) is 1.98. The van der Waals surface area contributed by atoms with Crippen molar-refractivity contribution in [2.75, 3.05) is 5.73 Å². The fraction of sp³-hybridized carbons (Fsp3) is 0.0769. The third-order valence-electron chi connectivity index (χ3n) is 2.85. The fourth-order valence-electron chi connectivity index (χ4n) is 1.98. The molecule has 3 N–H and O–H groups in total. The normalized spacial score (nSPS) is 10.9. The van der Waals surface area contributed by atoms with E-state index in [0.29, 0.717) is 11.7 Å². The van der Waals surface area contributed by atoms with Gasteiger partial charge in [0.1, 0.15) is 17.6 Å². The topological polar surface area (TPSA) is 75.9 Å². The van der Waals surface area contributed by atoms with E-state index in [1.807, 2.05) is 24.3 Å². The molecule has 5 heteroatoms. The number of rotatable bonds is 3. The molecule has 0 spiro atoms. The lowest BCUT2D eigenvalue weighted by atomic mass is 10.3. The summed E-state index contributed by atoms with van der Waals surface area (Å²) in [5.41, 5.74) is 7.68. The van der Waals surface area contributed by atoms with Gasteiger partial charge < -0.3 is 4.42 Å². The van der Waals surface area contributed by atoms with Crippen LogP contribution in [-0.2, 0) is 6.54 Å². The molecule has 3 rings (SSSR count). The minimum atomic E-state index is -0.110. The van der Waals surface area contributed by atoms with Crippen molar-refractivity contribution in [1.82, 2.24) is 4.98 Å². The Bertz CT molecular complexity index is 698. The smallest absolute Gasteiger partial charge is 0.354 e. The maximum absolute atomic E-state index is 12.0. The molecule has 0 saturated carbocycles. The molecule has 0 aliphatic carbocycles. The van der Waals surface area contributed by atoms with Crippen molar-refractivity contribution in [2.24, 2.45) is 0 Å². The number of nitrogens with one attached hydrogen (secondary N) is 1. The van der Waals surface area contributed by atoms with E-state index < -0.39 is 0 Å². The second-order valence-electron chi connectivity index (χ2n) is 4.01. The summed E-state index contributed by atoms with van der Waals surface area (Å²) in [6.45, 7) is 0.156. The molecule has 18 heavy (non-hydrogen) atoms. The molecule has 0 fully saturated rings. The Labute approximate surface area is 103 Å². The summed E-state index contributed by atoms with van der Waals surface area (Å²) < 4.78 is 6.82. The first-order valence-corrected chi connectivity index (χ1v) is 5.58. The molecule has 0 aliphatic heterocycles. The molecular weight excluding hydrogens is 230 g/mol. The van der Waals surface area contributed by atoms with Crippen molar-refractivity contribution in [3.8, 4) is 0 Å². The Morgan fingerprint density at radius 1 is 1.28 bits per heavy atom. The van der Waals surface area contributed by atoms with Gasteiger partial charge in [0, 0.05) is 0 Å². The predicted octanol–water partition coefficient (Wildman–Crippen LogP) is 1.51.